The lowest BCUT2D eigenvalue weighted by atomic mass is 10.1. The Kier molecular flexibility index (Phi) is 2.80. The maximum Gasteiger partial charge on any atom is 0.305 e. The number of nitro benzene ring substituents is 1. The number of nitrogens with zero attached hydrogens (tertiary/aromatic N) is 2. The largest absolute Gasteiger partial charge is 0.308 e. The van der Waals surface area contributed by atoms with Gasteiger partial charge < -0.3 is 5.32 Å². The van der Waals surface area contributed by atoms with Crippen LogP contribution in [0.25, 0.3) is 0 Å². The molecule has 0 aliphatic carbocycles. The fourth-order valence-electron chi connectivity index (χ4n) is 1.64. The summed E-state index contributed by atoms with van der Waals surface area (Å²) in [5, 5.41) is 12.8. The fraction of sp³-hybridized carbons (Fsp3) is 0.273. The van der Waals surface area contributed by atoms with E-state index in [0.29, 0.717) is 0 Å². The minimum atomic E-state index is -1.36. The van der Waals surface area contributed by atoms with Gasteiger partial charge in [0.1, 0.15) is 17.2 Å². The predicted molar refractivity (Wildman–Crippen MR) is 61.8 cm³/mol. The Morgan fingerprint density at radius 2 is 2.00 bits per heavy atom. The summed E-state index contributed by atoms with van der Waals surface area (Å²) in [6, 6.07) is 1.48. The molecule has 6 nitrogen and oxygen atoms in total. The van der Waals surface area contributed by atoms with Gasteiger partial charge in [0.05, 0.1) is 10.5 Å². The van der Waals surface area contributed by atoms with Crippen LogP contribution in [0, 0.1) is 21.7 Å². The maximum atomic E-state index is 13.9. The molecule has 0 saturated carbocycles. The fourth-order valence-corrected chi connectivity index (χ4v) is 1.64. The molecule has 2 rings (SSSR count). The zero-order chi connectivity index (χ0) is 14.4. The third kappa shape index (κ3) is 2.05. The number of nitrogens with one attached hydrogen (secondary N) is 1. The molecule has 1 amide bonds. The normalized spacial score (nSPS) is 17.1. The molecular weight excluding hydrogens is 260 g/mol. The molecule has 0 aromatic heterocycles. The van der Waals surface area contributed by atoms with Gasteiger partial charge in [0.25, 0.3) is 5.91 Å². The lowest BCUT2D eigenvalue weighted by molar-refractivity contribution is -0.387. The topological polar surface area (TPSA) is 84.6 Å². The summed E-state index contributed by atoms with van der Waals surface area (Å²) in [6.07, 6.45) is 0. The van der Waals surface area contributed by atoms with Crippen LogP contribution in [-0.2, 0) is 4.79 Å². The van der Waals surface area contributed by atoms with Crippen LogP contribution in [-0.4, -0.2) is 22.2 Å². The van der Waals surface area contributed by atoms with Crippen LogP contribution < -0.4 is 5.32 Å². The van der Waals surface area contributed by atoms with Crippen LogP contribution >= 0.6 is 0 Å². The van der Waals surface area contributed by atoms with Crippen molar-refractivity contribution in [1.82, 2.24) is 5.32 Å². The number of aliphatic imine (C=N–C) groups is 1. The molecule has 0 bridgehead atoms. The van der Waals surface area contributed by atoms with Crippen molar-refractivity contribution in [1.29, 1.82) is 0 Å². The molecule has 0 saturated heterocycles. The maximum absolute atomic E-state index is 13.9. The van der Waals surface area contributed by atoms with Crippen molar-refractivity contribution in [2.45, 2.75) is 19.4 Å². The lowest BCUT2D eigenvalue weighted by Gasteiger charge is -2.07. The average Bonchev–Trinajstić information content (AvgIpc) is 2.52. The summed E-state index contributed by atoms with van der Waals surface area (Å²) in [6.45, 7) is 2.92. The van der Waals surface area contributed by atoms with Gasteiger partial charge in [0.2, 0.25) is 5.82 Å². The summed E-state index contributed by atoms with van der Waals surface area (Å²) >= 11 is 0. The van der Waals surface area contributed by atoms with Crippen molar-refractivity contribution >= 4 is 17.4 Å². The van der Waals surface area contributed by atoms with Crippen LogP contribution in [0.4, 0.5) is 14.5 Å². The Hall–Kier alpha value is -2.38. The second-order valence-corrected chi connectivity index (χ2v) is 4.49. The zero-order valence-electron chi connectivity index (χ0n) is 10.0. The van der Waals surface area contributed by atoms with Crippen molar-refractivity contribution in [3.8, 4) is 0 Å². The number of amides is 1. The van der Waals surface area contributed by atoms with E-state index in [1.54, 1.807) is 0 Å². The first-order valence-corrected chi connectivity index (χ1v) is 5.28. The minimum absolute atomic E-state index is 0.339. The van der Waals surface area contributed by atoms with E-state index in [1.165, 1.54) is 13.8 Å². The third-order valence-corrected chi connectivity index (χ3v) is 2.68. The van der Waals surface area contributed by atoms with E-state index in [-0.39, 0.29) is 5.84 Å². The number of nitro groups is 1. The van der Waals surface area contributed by atoms with Crippen LogP contribution in [0.15, 0.2) is 17.1 Å². The molecule has 1 aromatic rings. The van der Waals surface area contributed by atoms with Gasteiger partial charge in [-0.3, -0.25) is 19.9 Å². The molecule has 1 aliphatic rings. The highest BCUT2D eigenvalue weighted by atomic mass is 19.1. The number of carbonyl (C=O) groups is 1. The van der Waals surface area contributed by atoms with Crippen molar-refractivity contribution in [3.63, 3.8) is 0 Å². The lowest BCUT2D eigenvalue weighted by Crippen LogP contribution is -2.35. The van der Waals surface area contributed by atoms with Crippen LogP contribution in [0.1, 0.15) is 19.4 Å². The Bertz CT molecular complexity index is 626. The van der Waals surface area contributed by atoms with Crippen LogP contribution in [0.5, 0.6) is 0 Å². The second kappa shape index (κ2) is 4.08. The molecule has 0 spiro atoms. The molecule has 0 fully saturated rings. The SMILES string of the molecule is CC1(C)N=C(c2c(F)ccc([N+](=O)[O-])c2F)NC1=O. The molecule has 1 aliphatic heterocycles. The molecule has 0 unspecified atom stereocenters. The van der Waals surface area contributed by atoms with Gasteiger partial charge in [-0.05, 0) is 19.9 Å². The van der Waals surface area contributed by atoms with Crippen LogP contribution in [0.3, 0.4) is 0 Å². The van der Waals surface area contributed by atoms with Crippen molar-refractivity contribution in [3.05, 3.63) is 39.4 Å². The van der Waals surface area contributed by atoms with E-state index in [1.807, 2.05) is 0 Å². The minimum Gasteiger partial charge on any atom is -0.308 e. The number of hydrogen-bond acceptors (Lipinski definition) is 4. The van der Waals surface area contributed by atoms with E-state index in [0.717, 1.165) is 12.1 Å². The second-order valence-electron chi connectivity index (χ2n) is 4.49. The summed E-state index contributed by atoms with van der Waals surface area (Å²) < 4.78 is 27.5. The molecule has 100 valence electrons. The van der Waals surface area contributed by atoms with E-state index < -0.39 is 39.3 Å². The standard InChI is InChI=1S/C11H9F2N3O3/c1-11(2)10(17)14-9(15-11)7-5(12)3-4-6(8(7)13)16(18)19/h3-4H,1-2H3,(H,14,15,17). The van der Waals surface area contributed by atoms with Gasteiger partial charge in [0.15, 0.2) is 0 Å². The Balaban J connectivity index is 2.62. The number of rotatable bonds is 2. The molecule has 8 heteroatoms. The van der Waals surface area contributed by atoms with Crippen molar-refractivity contribution < 1.29 is 18.5 Å². The average molecular weight is 269 g/mol. The molecule has 1 aromatic carbocycles. The quantitative estimate of drug-likeness (QED) is 0.652. The Morgan fingerprint density at radius 3 is 2.47 bits per heavy atom. The van der Waals surface area contributed by atoms with Crippen molar-refractivity contribution in [2.75, 3.05) is 0 Å². The third-order valence-electron chi connectivity index (χ3n) is 2.68. The Labute approximate surface area is 106 Å². The van der Waals surface area contributed by atoms with Crippen molar-refractivity contribution in [2.24, 2.45) is 4.99 Å². The number of hydrogen-bond donors (Lipinski definition) is 1. The van der Waals surface area contributed by atoms with E-state index >= 15 is 0 Å². The first kappa shape index (κ1) is 13.1. The van der Waals surface area contributed by atoms with Gasteiger partial charge in [-0.25, -0.2) is 4.39 Å². The molecular formula is C11H9F2N3O3. The molecule has 19 heavy (non-hydrogen) atoms. The van der Waals surface area contributed by atoms with Gasteiger partial charge in [-0.15, -0.1) is 0 Å². The summed E-state index contributed by atoms with van der Waals surface area (Å²) in [5.41, 5.74) is -2.75. The molecule has 1 heterocycles. The van der Waals surface area contributed by atoms with Gasteiger partial charge in [0, 0.05) is 6.07 Å². The smallest absolute Gasteiger partial charge is 0.305 e. The monoisotopic (exact) mass is 269 g/mol. The first-order valence-electron chi connectivity index (χ1n) is 5.28. The highest BCUT2D eigenvalue weighted by Gasteiger charge is 2.37. The molecule has 0 atom stereocenters. The predicted octanol–water partition coefficient (Wildman–Crippen LogP) is 1.53. The molecule has 1 N–H and O–H groups in total. The highest BCUT2D eigenvalue weighted by molar-refractivity contribution is 6.15. The van der Waals surface area contributed by atoms with Gasteiger partial charge in [-0.1, -0.05) is 0 Å². The summed E-state index contributed by atoms with van der Waals surface area (Å²) in [7, 11) is 0. The molecule has 0 radical (unpaired) electrons. The van der Waals surface area contributed by atoms with Gasteiger partial charge >= 0.3 is 5.69 Å². The van der Waals surface area contributed by atoms with E-state index in [4.69, 9.17) is 0 Å². The number of amidine groups is 1. The summed E-state index contributed by atoms with van der Waals surface area (Å²) in [4.78, 5) is 25.0. The summed E-state index contributed by atoms with van der Waals surface area (Å²) in [5.74, 6) is -3.26. The number of carbonyl (C=O) groups excluding carboxylic acids is 1. The van der Waals surface area contributed by atoms with Gasteiger partial charge in [-0.2, -0.15) is 4.39 Å². The Morgan fingerprint density at radius 1 is 1.37 bits per heavy atom. The highest BCUT2D eigenvalue weighted by Crippen LogP contribution is 2.26. The number of halogens is 2. The van der Waals surface area contributed by atoms with E-state index in [2.05, 4.69) is 10.3 Å². The van der Waals surface area contributed by atoms with E-state index in [9.17, 15) is 23.7 Å². The first-order chi connectivity index (χ1) is 8.74. The zero-order valence-corrected chi connectivity index (χ0v) is 10.0. The number of benzene rings is 1. The van der Waals surface area contributed by atoms with Crippen LogP contribution in [0.2, 0.25) is 0 Å².